The number of aliphatic hydroxyl groups is 1. The van der Waals surface area contributed by atoms with Crippen molar-refractivity contribution >= 4 is 6.09 Å². The summed E-state index contributed by atoms with van der Waals surface area (Å²) in [5, 5.41) is 18.0. The van der Waals surface area contributed by atoms with Crippen LogP contribution in [0.4, 0.5) is 4.79 Å². The molecule has 0 aromatic rings. The number of carbonyl (C=O) groups is 1. The highest BCUT2D eigenvalue weighted by atomic mass is 16.6. The van der Waals surface area contributed by atoms with Crippen LogP contribution < -0.4 is 10.6 Å². The number of hydrogen-bond donors (Lipinski definition) is 3. The Kier molecular flexibility index (Phi) is 5.81. The fraction of sp³-hybridized carbons (Fsp3) is 0.696. The van der Waals surface area contributed by atoms with Gasteiger partial charge in [-0.05, 0) is 55.7 Å². The van der Waals surface area contributed by atoms with Gasteiger partial charge in [-0.2, -0.15) is 0 Å². The quantitative estimate of drug-likeness (QED) is 0.566. The molecule has 3 N–H and O–H groups in total. The SMILES string of the molecule is CC1=CC(C2CC2)=CNC1N1CCN(C(O)C2=CCC(N3C(=O)OC[C@H]3C)NC2)CC1. The minimum absolute atomic E-state index is 0.0569. The van der Waals surface area contributed by atoms with Crippen molar-refractivity contribution in [2.45, 2.75) is 57.7 Å². The van der Waals surface area contributed by atoms with Crippen molar-refractivity contribution in [1.82, 2.24) is 25.3 Å². The van der Waals surface area contributed by atoms with Crippen molar-refractivity contribution in [3.05, 3.63) is 35.1 Å². The van der Waals surface area contributed by atoms with Crippen molar-refractivity contribution in [2.75, 3.05) is 39.3 Å². The van der Waals surface area contributed by atoms with Gasteiger partial charge in [-0.3, -0.25) is 20.0 Å². The smallest absolute Gasteiger partial charge is 0.411 e. The van der Waals surface area contributed by atoms with Gasteiger partial charge in [0, 0.05) is 38.9 Å². The van der Waals surface area contributed by atoms with Gasteiger partial charge in [-0.1, -0.05) is 12.2 Å². The van der Waals surface area contributed by atoms with Gasteiger partial charge in [0.1, 0.15) is 19.0 Å². The van der Waals surface area contributed by atoms with Crippen LogP contribution in [0.2, 0.25) is 0 Å². The maximum absolute atomic E-state index is 12.0. The normalized spacial score (nSPS) is 33.9. The van der Waals surface area contributed by atoms with Crippen molar-refractivity contribution in [2.24, 2.45) is 5.92 Å². The first-order valence-electron chi connectivity index (χ1n) is 11.7. The number of piperazine rings is 1. The number of ether oxygens (including phenoxy) is 1. The number of cyclic esters (lactones) is 1. The molecule has 2 saturated heterocycles. The molecule has 31 heavy (non-hydrogen) atoms. The Labute approximate surface area is 184 Å². The summed E-state index contributed by atoms with van der Waals surface area (Å²) in [5.41, 5.74) is 3.83. The molecule has 4 heterocycles. The van der Waals surface area contributed by atoms with Crippen molar-refractivity contribution in [3.63, 3.8) is 0 Å². The van der Waals surface area contributed by atoms with Crippen LogP contribution in [0.15, 0.2) is 35.1 Å². The van der Waals surface area contributed by atoms with Gasteiger partial charge < -0.3 is 15.2 Å². The van der Waals surface area contributed by atoms with E-state index in [1.807, 2.05) is 6.92 Å². The van der Waals surface area contributed by atoms with Crippen molar-refractivity contribution < 1.29 is 14.6 Å². The number of rotatable bonds is 5. The van der Waals surface area contributed by atoms with Gasteiger partial charge in [0.2, 0.25) is 0 Å². The van der Waals surface area contributed by atoms with Crippen LogP contribution in [0.25, 0.3) is 0 Å². The van der Waals surface area contributed by atoms with Crippen molar-refractivity contribution in [3.8, 4) is 0 Å². The van der Waals surface area contributed by atoms with Crippen LogP contribution in [0.3, 0.4) is 0 Å². The van der Waals surface area contributed by atoms with Gasteiger partial charge in [0.15, 0.2) is 0 Å². The summed E-state index contributed by atoms with van der Waals surface area (Å²) in [6.45, 7) is 8.77. The molecule has 8 heteroatoms. The molecule has 8 nitrogen and oxygen atoms in total. The van der Waals surface area contributed by atoms with E-state index in [1.54, 1.807) is 4.90 Å². The minimum Gasteiger partial charge on any atom is -0.447 e. The summed E-state index contributed by atoms with van der Waals surface area (Å²) in [4.78, 5) is 18.4. The largest absolute Gasteiger partial charge is 0.447 e. The van der Waals surface area contributed by atoms with Crippen LogP contribution >= 0.6 is 0 Å². The van der Waals surface area contributed by atoms with Crippen LogP contribution in [0.5, 0.6) is 0 Å². The van der Waals surface area contributed by atoms with E-state index >= 15 is 0 Å². The number of carbonyl (C=O) groups excluding carboxylic acids is 1. The molecule has 0 radical (unpaired) electrons. The fourth-order valence-corrected chi connectivity index (χ4v) is 5.23. The molecule has 1 aliphatic carbocycles. The number of allylic oxidation sites excluding steroid dienone is 2. The molecule has 170 valence electrons. The molecule has 3 fully saturated rings. The Balaban J connectivity index is 1.13. The number of hydrogen-bond acceptors (Lipinski definition) is 7. The lowest BCUT2D eigenvalue weighted by molar-refractivity contribution is -0.0124. The topological polar surface area (TPSA) is 80.3 Å². The number of aliphatic hydroxyl groups excluding tert-OH is 1. The van der Waals surface area contributed by atoms with Gasteiger partial charge in [0.25, 0.3) is 0 Å². The molecular weight excluding hydrogens is 394 g/mol. The molecule has 0 bridgehead atoms. The Hall–Kier alpha value is -1.87. The van der Waals surface area contributed by atoms with Gasteiger partial charge in [-0.15, -0.1) is 0 Å². The average Bonchev–Trinajstić information content (AvgIpc) is 3.58. The van der Waals surface area contributed by atoms with E-state index in [9.17, 15) is 9.90 Å². The van der Waals surface area contributed by atoms with E-state index < -0.39 is 6.23 Å². The Morgan fingerprint density at radius 3 is 2.58 bits per heavy atom. The number of nitrogens with zero attached hydrogens (tertiary/aromatic N) is 3. The summed E-state index contributed by atoms with van der Waals surface area (Å²) >= 11 is 0. The van der Waals surface area contributed by atoms with Gasteiger partial charge in [0.05, 0.1) is 12.2 Å². The summed E-state index contributed by atoms with van der Waals surface area (Å²) in [7, 11) is 0. The number of nitrogens with one attached hydrogen (secondary N) is 2. The summed E-state index contributed by atoms with van der Waals surface area (Å²) in [6, 6.07) is 0.0825. The van der Waals surface area contributed by atoms with Gasteiger partial charge >= 0.3 is 6.09 Å². The molecule has 1 saturated carbocycles. The lowest BCUT2D eigenvalue weighted by Gasteiger charge is -2.43. The molecule has 0 spiro atoms. The molecule has 3 unspecified atom stereocenters. The predicted molar refractivity (Wildman–Crippen MR) is 118 cm³/mol. The molecule has 0 aromatic heterocycles. The third-order valence-corrected chi connectivity index (χ3v) is 7.29. The number of amides is 1. The van der Waals surface area contributed by atoms with E-state index in [4.69, 9.17) is 4.74 Å². The highest BCUT2D eigenvalue weighted by Crippen LogP contribution is 2.38. The van der Waals surface area contributed by atoms with Crippen LogP contribution in [-0.4, -0.2) is 89.8 Å². The maximum atomic E-state index is 12.0. The van der Waals surface area contributed by atoms with E-state index in [2.05, 4.69) is 45.7 Å². The molecular formula is C23H35N5O3. The molecule has 4 aliphatic heterocycles. The third kappa shape index (κ3) is 4.26. The van der Waals surface area contributed by atoms with E-state index in [0.717, 1.165) is 37.7 Å². The monoisotopic (exact) mass is 429 g/mol. The summed E-state index contributed by atoms with van der Waals surface area (Å²) in [6.07, 6.45) is 9.39. The minimum atomic E-state index is -0.573. The molecule has 1 amide bonds. The Morgan fingerprint density at radius 1 is 1.23 bits per heavy atom. The van der Waals surface area contributed by atoms with E-state index in [-0.39, 0.29) is 24.5 Å². The summed E-state index contributed by atoms with van der Waals surface area (Å²) < 4.78 is 5.14. The lowest BCUT2D eigenvalue weighted by Crippen LogP contribution is -2.58. The van der Waals surface area contributed by atoms with E-state index in [1.165, 1.54) is 24.0 Å². The first kappa shape index (κ1) is 21.0. The molecule has 4 atom stereocenters. The first-order valence-corrected chi connectivity index (χ1v) is 11.7. The fourth-order valence-electron chi connectivity index (χ4n) is 5.23. The van der Waals surface area contributed by atoms with Crippen molar-refractivity contribution in [1.29, 1.82) is 0 Å². The number of dihydropyridines is 1. The Morgan fingerprint density at radius 2 is 2.00 bits per heavy atom. The third-order valence-electron chi connectivity index (χ3n) is 7.29. The maximum Gasteiger partial charge on any atom is 0.411 e. The van der Waals surface area contributed by atoms with Gasteiger partial charge in [-0.25, -0.2) is 4.79 Å². The average molecular weight is 430 g/mol. The highest BCUT2D eigenvalue weighted by molar-refractivity contribution is 5.70. The zero-order chi connectivity index (χ0) is 21.5. The molecule has 5 aliphatic rings. The molecule has 5 rings (SSSR count). The summed E-state index contributed by atoms with van der Waals surface area (Å²) in [5.74, 6) is 0.770. The van der Waals surface area contributed by atoms with Crippen LogP contribution in [0.1, 0.15) is 33.1 Å². The molecule has 0 aromatic carbocycles. The second-order valence-electron chi connectivity index (χ2n) is 9.57. The highest BCUT2D eigenvalue weighted by Gasteiger charge is 2.37. The van der Waals surface area contributed by atoms with E-state index in [0.29, 0.717) is 19.6 Å². The second kappa shape index (κ2) is 8.58. The standard InChI is InChI=1S/C23H35N5O3/c1-15-11-19(17-3-4-17)13-25-21(15)26-7-9-27(10-8-26)22(29)18-5-6-20(24-12-18)28-16(2)14-31-23(28)30/h5,11,13,16-17,20-22,24-25,29H,3-4,6-10,12,14H2,1-2H3/t16-,20?,21?,22?/m1/s1. The van der Waals surface area contributed by atoms with Crippen LogP contribution in [0, 0.1) is 5.92 Å². The first-order chi connectivity index (χ1) is 15.0. The predicted octanol–water partition coefficient (Wildman–Crippen LogP) is 1.18. The van der Waals surface area contributed by atoms with Crippen LogP contribution in [-0.2, 0) is 4.74 Å². The zero-order valence-corrected chi connectivity index (χ0v) is 18.6. The second-order valence-corrected chi connectivity index (χ2v) is 9.57. The zero-order valence-electron chi connectivity index (χ0n) is 18.6. The lowest BCUT2D eigenvalue weighted by atomic mass is 10.0. The Bertz CT molecular complexity index is 797.